The molecule has 1 N–H and O–H groups in total. The van der Waals surface area contributed by atoms with Gasteiger partial charge in [-0.25, -0.2) is 0 Å². The molecule has 0 heterocycles. The summed E-state index contributed by atoms with van der Waals surface area (Å²) in [5.74, 6) is 1.49. The number of carbonyl (C=O) groups is 1. The Kier molecular flexibility index (Phi) is 5.36. The van der Waals surface area contributed by atoms with Crippen LogP contribution in [0.4, 0.5) is 0 Å². The molecule has 0 spiro atoms. The molecule has 0 aromatic heterocycles. The minimum Gasteiger partial charge on any atom is -0.496 e. The van der Waals surface area contributed by atoms with E-state index in [0.717, 1.165) is 29.9 Å². The van der Waals surface area contributed by atoms with Gasteiger partial charge in [-0.2, -0.15) is 0 Å². The zero-order chi connectivity index (χ0) is 16.8. The molecule has 2 aromatic carbocycles. The molecular weight excluding hydrogens is 302 g/mol. The molecule has 4 nitrogen and oxygen atoms in total. The topological polar surface area (TPSA) is 47.6 Å². The molecule has 1 aliphatic carbocycles. The van der Waals surface area contributed by atoms with Gasteiger partial charge in [-0.15, -0.1) is 0 Å². The molecular formula is C20H23NO3. The molecule has 1 amide bonds. The molecule has 0 unspecified atom stereocenters. The molecule has 2 aromatic rings. The van der Waals surface area contributed by atoms with E-state index < -0.39 is 0 Å². The van der Waals surface area contributed by atoms with Crippen LogP contribution < -0.4 is 14.8 Å². The largest absolute Gasteiger partial charge is 0.496 e. The summed E-state index contributed by atoms with van der Waals surface area (Å²) in [6.45, 7) is 0.463. The van der Waals surface area contributed by atoms with Crippen LogP contribution in [-0.2, 0) is 24.2 Å². The molecule has 3 rings (SSSR count). The summed E-state index contributed by atoms with van der Waals surface area (Å²) in [6, 6.07) is 13.8. The average molecular weight is 325 g/mol. The Balaban J connectivity index is 1.55. The highest BCUT2D eigenvalue weighted by atomic mass is 16.5. The van der Waals surface area contributed by atoms with Crippen molar-refractivity contribution in [3.05, 3.63) is 59.2 Å². The molecule has 0 radical (unpaired) electrons. The average Bonchev–Trinajstić information content (AvgIpc) is 2.64. The molecule has 0 saturated heterocycles. The van der Waals surface area contributed by atoms with Gasteiger partial charge < -0.3 is 14.8 Å². The van der Waals surface area contributed by atoms with E-state index in [1.54, 1.807) is 7.11 Å². The minimum atomic E-state index is -0.130. The van der Waals surface area contributed by atoms with E-state index in [2.05, 4.69) is 11.4 Å². The van der Waals surface area contributed by atoms with Crippen molar-refractivity contribution in [3.8, 4) is 11.5 Å². The molecule has 0 atom stereocenters. The summed E-state index contributed by atoms with van der Waals surface area (Å²) in [5, 5.41) is 2.88. The lowest BCUT2D eigenvalue weighted by Gasteiger charge is -2.19. The maximum Gasteiger partial charge on any atom is 0.258 e. The summed E-state index contributed by atoms with van der Waals surface area (Å²) in [5.41, 5.74) is 3.57. The maximum atomic E-state index is 12.1. The fourth-order valence-corrected chi connectivity index (χ4v) is 3.12. The molecule has 1 aliphatic rings. The highest BCUT2D eigenvalue weighted by Gasteiger charge is 2.14. The number of para-hydroxylation sites is 1. The van der Waals surface area contributed by atoms with Crippen LogP contribution in [0.5, 0.6) is 11.5 Å². The second kappa shape index (κ2) is 7.86. The summed E-state index contributed by atoms with van der Waals surface area (Å²) < 4.78 is 11.1. The first-order valence-electron chi connectivity index (χ1n) is 8.40. The standard InChI is InChI=1S/C20H23NO3/c1-23-18-11-5-3-8-16(18)13-21-20(22)14-24-19-12-6-9-15-7-2-4-10-17(15)19/h3,5-6,8-9,11-12H,2,4,7,10,13-14H2,1H3,(H,21,22). The SMILES string of the molecule is COc1ccccc1CNC(=O)COc1cccc2c1CCCC2. The van der Waals surface area contributed by atoms with Crippen LogP contribution in [0.15, 0.2) is 42.5 Å². The van der Waals surface area contributed by atoms with Crippen LogP contribution in [0.1, 0.15) is 29.5 Å². The van der Waals surface area contributed by atoms with Crippen LogP contribution in [0, 0.1) is 0 Å². The molecule has 0 fully saturated rings. The van der Waals surface area contributed by atoms with Crippen molar-refractivity contribution in [1.29, 1.82) is 0 Å². The number of fused-ring (bicyclic) bond motifs is 1. The van der Waals surface area contributed by atoms with Crippen molar-refractivity contribution in [2.75, 3.05) is 13.7 Å². The van der Waals surface area contributed by atoms with Gasteiger partial charge in [0.15, 0.2) is 6.61 Å². The predicted octanol–water partition coefficient (Wildman–Crippen LogP) is 3.27. The number of hydrogen-bond donors (Lipinski definition) is 1. The van der Waals surface area contributed by atoms with Gasteiger partial charge >= 0.3 is 0 Å². The van der Waals surface area contributed by atoms with E-state index in [9.17, 15) is 4.79 Å². The first kappa shape index (κ1) is 16.4. The van der Waals surface area contributed by atoms with Crippen molar-refractivity contribution < 1.29 is 14.3 Å². The number of nitrogens with one attached hydrogen (secondary N) is 1. The maximum absolute atomic E-state index is 12.1. The zero-order valence-corrected chi connectivity index (χ0v) is 14.0. The van der Waals surface area contributed by atoms with Crippen molar-refractivity contribution in [2.24, 2.45) is 0 Å². The third-order valence-corrected chi connectivity index (χ3v) is 4.38. The lowest BCUT2D eigenvalue weighted by atomic mass is 9.91. The van der Waals surface area contributed by atoms with E-state index in [4.69, 9.17) is 9.47 Å². The second-order valence-corrected chi connectivity index (χ2v) is 5.98. The Hall–Kier alpha value is -2.49. The predicted molar refractivity (Wildman–Crippen MR) is 93.4 cm³/mol. The molecule has 24 heavy (non-hydrogen) atoms. The lowest BCUT2D eigenvalue weighted by molar-refractivity contribution is -0.123. The number of ether oxygens (including phenoxy) is 2. The number of hydrogen-bond acceptors (Lipinski definition) is 3. The fraction of sp³-hybridized carbons (Fsp3) is 0.350. The fourth-order valence-electron chi connectivity index (χ4n) is 3.12. The Morgan fingerprint density at radius 1 is 1.04 bits per heavy atom. The van der Waals surface area contributed by atoms with Gasteiger partial charge in [0.25, 0.3) is 5.91 Å². The Morgan fingerprint density at radius 3 is 2.71 bits per heavy atom. The van der Waals surface area contributed by atoms with E-state index in [-0.39, 0.29) is 12.5 Å². The summed E-state index contributed by atoms with van der Waals surface area (Å²) in [6.07, 6.45) is 4.56. The third-order valence-electron chi connectivity index (χ3n) is 4.38. The third kappa shape index (κ3) is 3.88. The molecule has 4 heteroatoms. The monoisotopic (exact) mass is 325 g/mol. The van der Waals surface area contributed by atoms with E-state index in [1.807, 2.05) is 36.4 Å². The number of benzene rings is 2. The van der Waals surface area contributed by atoms with Gasteiger partial charge in [-0.1, -0.05) is 30.3 Å². The number of aryl methyl sites for hydroxylation is 1. The van der Waals surface area contributed by atoms with E-state index in [1.165, 1.54) is 24.0 Å². The molecule has 0 saturated carbocycles. The van der Waals surface area contributed by atoms with Gasteiger partial charge in [0, 0.05) is 12.1 Å². The van der Waals surface area contributed by atoms with Gasteiger partial charge in [0.1, 0.15) is 11.5 Å². The van der Waals surface area contributed by atoms with Crippen molar-refractivity contribution in [3.63, 3.8) is 0 Å². The molecule has 126 valence electrons. The smallest absolute Gasteiger partial charge is 0.258 e. The summed E-state index contributed by atoms with van der Waals surface area (Å²) >= 11 is 0. The number of rotatable bonds is 6. The zero-order valence-electron chi connectivity index (χ0n) is 14.0. The summed E-state index contributed by atoms with van der Waals surface area (Å²) in [4.78, 5) is 12.1. The Morgan fingerprint density at radius 2 is 1.83 bits per heavy atom. The normalized spacial score (nSPS) is 13.0. The highest BCUT2D eigenvalue weighted by Crippen LogP contribution is 2.29. The van der Waals surface area contributed by atoms with Crippen LogP contribution in [-0.4, -0.2) is 19.6 Å². The Bertz CT molecular complexity index is 712. The summed E-state index contributed by atoms with van der Waals surface area (Å²) in [7, 11) is 1.63. The first-order valence-corrected chi connectivity index (χ1v) is 8.40. The van der Waals surface area contributed by atoms with Gasteiger partial charge in [-0.05, 0) is 48.9 Å². The molecule has 0 aliphatic heterocycles. The number of amides is 1. The van der Waals surface area contributed by atoms with Gasteiger partial charge in [0.05, 0.1) is 7.11 Å². The van der Waals surface area contributed by atoms with Crippen LogP contribution >= 0.6 is 0 Å². The van der Waals surface area contributed by atoms with Crippen LogP contribution in [0.25, 0.3) is 0 Å². The second-order valence-electron chi connectivity index (χ2n) is 5.98. The van der Waals surface area contributed by atoms with Gasteiger partial charge in [-0.3, -0.25) is 4.79 Å². The van der Waals surface area contributed by atoms with Crippen LogP contribution in [0.2, 0.25) is 0 Å². The van der Waals surface area contributed by atoms with E-state index >= 15 is 0 Å². The Labute approximate surface area is 142 Å². The quantitative estimate of drug-likeness (QED) is 0.887. The number of carbonyl (C=O) groups excluding carboxylic acids is 1. The highest BCUT2D eigenvalue weighted by molar-refractivity contribution is 5.77. The van der Waals surface area contributed by atoms with Crippen molar-refractivity contribution in [2.45, 2.75) is 32.2 Å². The van der Waals surface area contributed by atoms with Crippen molar-refractivity contribution >= 4 is 5.91 Å². The lowest BCUT2D eigenvalue weighted by Crippen LogP contribution is -2.28. The first-order chi connectivity index (χ1) is 11.8. The number of methoxy groups -OCH3 is 1. The van der Waals surface area contributed by atoms with Crippen molar-refractivity contribution in [1.82, 2.24) is 5.32 Å². The molecule has 0 bridgehead atoms. The van der Waals surface area contributed by atoms with Crippen LogP contribution in [0.3, 0.4) is 0 Å². The minimum absolute atomic E-state index is 0.0333. The van der Waals surface area contributed by atoms with E-state index in [0.29, 0.717) is 6.54 Å². The van der Waals surface area contributed by atoms with Gasteiger partial charge in [0.2, 0.25) is 0 Å².